The van der Waals surface area contributed by atoms with Gasteiger partial charge in [-0.3, -0.25) is 5.73 Å². The highest BCUT2D eigenvalue weighted by atomic mass is 32.1. The quantitative estimate of drug-likeness (QED) is 0.434. The van der Waals surface area contributed by atoms with Crippen molar-refractivity contribution < 1.29 is 14.6 Å². The van der Waals surface area contributed by atoms with Crippen molar-refractivity contribution in [2.24, 2.45) is 11.7 Å². The van der Waals surface area contributed by atoms with E-state index in [9.17, 15) is 4.79 Å². The highest BCUT2D eigenvalue weighted by molar-refractivity contribution is 7.88. The van der Waals surface area contributed by atoms with Gasteiger partial charge >= 0.3 is 5.97 Å². The number of ether oxygens (including phenoxy) is 1. The predicted octanol–water partition coefficient (Wildman–Crippen LogP) is 1.02. The molecule has 0 aromatic carbocycles. The third-order valence-corrected chi connectivity index (χ3v) is 3.81. The van der Waals surface area contributed by atoms with Crippen molar-refractivity contribution in [3.05, 3.63) is 21.5 Å². The summed E-state index contributed by atoms with van der Waals surface area (Å²) < 4.78 is 5.11. The lowest BCUT2D eigenvalue weighted by atomic mass is 9.89. The molecule has 0 spiro atoms. The SMILES string of the molecule is COC1(N)C=C(C(=O)O)C(S)=C(S)C1C. The van der Waals surface area contributed by atoms with Crippen LogP contribution in [0.3, 0.4) is 0 Å². The van der Waals surface area contributed by atoms with E-state index in [4.69, 9.17) is 15.6 Å². The summed E-state index contributed by atoms with van der Waals surface area (Å²) in [6, 6.07) is 0. The van der Waals surface area contributed by atoms with E-state index in [0.717, 1.165) is 0 Å². The molecule has 0 saturated carbocycles. The van der Waals surface area contributed by atoms with Gasteiger partial charge in [-0.25, -0.2) is 4.79 Å². The fourth-order valence-electron chi connectivity index (χ4n) is 1.37. The Bertz CT molecular complexity index is 364. The Labute approximate surface area is 99.0 Å². The second kappa shape index (κ2) is 4.21. The minimum absolute atomic E-state index is 0.0192. The molecular formula is C9H13NO3S2. The average Bonchev–Trinajstić information content (AvgIpc) is 2.20. The molecule has 6 heteroatoms. The second-order valence-electron chi connectivity index (χ2n) is 3.38. The lowest BCUT2D eigenvalue weighted by Gasteiger charge is -2.35. The number of carboxylic acid groups (broad SMARTS) is 1. The van der Waals surface area contributed by atoms with E-state index in [1.54, 1.807) is 6.92 Å². The number of methoxy groups -OCH3 is 1. The smallest absolute Gasteiger partial charge is 0.336 e. The molecule has 0 bridgehead atoms. The molecule has 1 rings (SSSR count). The third-order valence-electron chi connectivity index (χ3n) is 2.54. The molecule has 84 valence electrons. The minimum Gasteiger partial charge on any atom is -0.478 e. The molecule has 0 fully saturated rings. The van der Waals surface area contributed by atoms with Crippen LogP contribution in [0.5, 0.6) is 0 Å². The fraction of sp³-hybridized carbons (Fsp3) is 0.444. The maximum absolute atomic E-state index is 10.9. The van der Waals surface area contributed by atoms with Gasteiger partial charge in [0.05, 0.1) is 5.57 Å². The number of aliphatic carboxylic acids is 1. The first kappa shape index (κ1) is 12.6. The third kappa shape index (κ3) is 2.08. The number of carboxylic acids is 1. The predicted molar refractivity (Wildman–Crippen MR) is 63.8 cm³/mol. The molecule has 0 aromatic heterocycles. The van der Waals surface area contributed by atoms with Crippen molar-refractivity contribution in [3.8, 4) is 0 Å². The zero-order chi connectivity index (χ0) is 11.8. The van der Waals surface area contributed by atoms with Crippen molar-refractivity contribution in [2.75, 3.05) is 7.11 Å². The van der Waals surface area contributed by atoms with Gasteiger partial charge in [0.1, 0.15) is 5.72 Å². The van der Waals surface area contributed by atoms with Crippen LogP contribution < -0.4 is 5.73 Å². The Morgan fingerprint density at radius 3 is 2.60 bits per heavy atom. The van der Waals surface area contributed by atoms with E-state index < -0.39 is 11.7 Å². The number of nitrogens with two attached hydrogens (primary N) is 1. The molecule has 4 nitrogen and oxygen atoms in total. The van der Waals surface area contributed by atoms with E-state index >= 15 is 0 Å². The Morgan fingerprint density at radius 1 is 1.67 bits per heavy atom. The number of thiol groups is 2. The molecule has 0 amide bonds. The highest BCUT2D eigenvalue weighted by Gasteiger charge is 2.38. The van der Waals surface area contributed by atoms with Gasteiger partial charge in [-0.2, -0.15) is 0 Å². The monoisotopic (exact) mass is 247 g/mol. The van der Waals surface area contributed by atoms with Gasteiger partial charge in [0.15, 0.2) is 0 Å². The molecule has 0 saturated heterocycles. The van der Waals surface area contributed by atoms with Crippen molar-refractivity contribution >= 4 is 31.2 Å². The van der Waals surface area contributed by atoms with Gasteiger partial charge in [0.2, 0.25) is 0 Å². The molecular weight excluding hydrogens is 234 g/mol. The fourth-order valence-corrected chi connectivity index (χ4v) is 2.05. The van der Waals surface area contributed by atoms with Crippen LogP contribution in [0.25, 0.3) is 0 Å². The van der Waals surface area contributed by atoms with Crippen LogP contribution in [0.1, 0.15) is 6.92 Å². The van der Waals surface area contributed by atoms with Gasteiger partial charge in [-0.15, -0.1) is 25.3 Å². The van der Waals surface area contributed by atoms with Gasteiger partial charge < -0.3 is 9.84 Å². The summed E-state index contributed by atoms with van der Waals surface area (Å²) in [5, 5.41) is 8.94. The van der Waals surface area contributed by atoms with Crippen molar-refractivity contribution in [2.45, 2.75) is 12.6 Å². The summed E-state index contributed by atoms with van der Waals surface area (Å²) in [5.74, 6) is -1.33. The molecule has 3 N–H and O–H groups in total. The van der Waals surface area contributed by atoms with E-state index in [2.05, 4.69) is 25.3 Å². The second-order valence-corrected chi connectivity index (χ2v) is 4.31. The standard InChI is InChI=1S/C9H13NO3S2/c1-4-6(14)7(15)5(8(11)12)3-9(4,10)13-2/h3-4,14-15H,10H2,1-2H3,(H,11,12). The lowest BCUT2D eigenvalue weighted by Crippen LogP contribution is -2.48. The maximum Gasteiger partial charge on any atom is 0.336 e. The Hall–Kier alpha value is -0.430. The molecule has 0 heterocycles. The topological polar surface area (TPSA) is 72.5 Å². The first-order chi connectivity index (χ1) is 6.83. The largest absolute Gasteiger partial charge is 0.478 e. The molecule has 15 heavy (non-hydrogen) atoms. The number of hydrogen-bond acceptors (Lipinski definition) is 5. The van der Waals surface area contributed by atoms with Crippen LogP contribution in [0, 0.1) is 5.92 Å². The summed E-state index contributed by atoms with van der Waals surface area (Å²) in [6.45, 7) is 1.80. The lowest BCUT2D eigenvalue weighted by molar-refractivity contribution is -0.132. The number of carbonyl (C=O) groups is 1. The molecule has 1 aliphatic rings. The van der Waals surface area contributed by atoms with Crippen LogP contribution in [0.2, 0.25) is 0 Å². The molecule has 0 radical (unpaired) electrons. The van der Waals surface area contributed by atoms with Gasteiger partial charge in [0.25, 0.3) is 0 Å². The average molecular weight is 247 g/mol. The zero-order valence-corrected chi connectivity index (χ0v) is 10.2. The summed E-state index contributed by atoms with van der Waals surface area (Å²) in [7, 11) is 1.43. The van der Waals surface area contributed by atoms with Gasteiger partial charge in [-0.05, 0) is 6.08 Å². The van der Waals surface area contributed by atoms with Crippen LogP contribution in [0.4, 0.5) is 0 Å². The van der Waals surface area contributed by atoms with E-state index in [0.29, 0.717) is 9.81 Å². The van der Waals surface area contributed by atoms with Crippen LogP contribution in [-0.4, -0.2) is 23.9 Å². The van der Waals surface area contributed by atoms with Gasteiger partial charge in [0, 0.05) is 22.8 Å². The first-order valence-electron chi connectivity index (χ1n) is 4.26. The molecule has 0 aliphatic heterocycles. The Balaban J connectivity index is 3.29. The summed E-state index contributed by atoms with van der Waals surface area (Å²) in [5.41, 5.74) is 4.78. The Kier molecular flexibility index (Phi) is 3.55. The van der Waals surface area contributed by atoms with Crippen LogP contribution >= 0.6 is 25.3 Å². The maximum atomic E-state index is 10.9. The first-order valence-corrected chi connectivity index (χ1v) is 5.15. The molecule has 1 aliphatic carbocycles. The zero-order valence-electron chi connectivity index (χ0n) is 8.39. The van der Waals surface area contributed by atoms with Crippen molar-refractivity contribution in [1.29, 1.82) is 0 Å². The molecule has 2 unspecified atom stereocenters. The highest BCUT2D eigenvalue weighted by Crippen LogP contribution is 2.39. The Morgan fingerprint density at radius 2 is 2.20 bits per heavy atom. The number of hydrogen-bond donors (Lipinski definition) is 4. The van der Waals surface area contributed by atoms with E-state index in [-0.39, 0.29) is 11.5 Å². The van der Waals surface area contributed by atoms with Gasteiger partial charge in [-0.1, -0.05) is 6.92 Å². The van der Waals surface area contributed by atoms with Crippen molar-refractivity contribution in [3.63, 3.8) is 0 Å². The van der Waals surface area contributed by atoms with Crippen LogP contribution in [-0.2, 0) is 9.53 Å². The van der Waals surface area contributed by atoms with E-state index in [1.165, 1.54) is 13.2 Å². The molecule has 2 atom stereocenters. The number of rotatable bonds is 2. The van der Waals surface area contributed by atoms with E-state index in [1.807, 2.05) is 0 Å². The molecule has 0 aromatic rings. The van der Waals surface area contributed by atoms with Crippen molar-refractivity contribution in [1.82, 2.24) is 0 Å². The summed E-state index contributed by atoms with van der Waals surface area (Å²) in [6.07, 6.45) is 1.36. The van der Waals surface area contributed by atoms with Crippen LogP contribution in [0.15, 0.2) is 21.5 Å². The normalized spacial score (nSPS) is 31.5. The summed E-state index contributed by atoms with van der Waals surface area (Å²) >= 11 is 8.32. The minimum atomic E-state index is -1.14. The summed E-state index contributed by atoms with van der Waals surface area (Å²) in [4.78, 5) is 11.8.